The summed E-state index contributed by atoms with van der Waals surface area (Å²) in [6.45, 7) is 9.89. The summed E-state index contributed by atoms with van der Waals surface area (Å²) in [5, 5.41) is 3.86. The molecule has 174 valence electrons. The molecule has 33 heavy (non-hydrogen) atoms. The van der Waals surface area contributed by atoms with Crippen LogP contribution in [0.2, 0.25) is 0 Å². The van der Waals surface area contributed by atoms with E-state index in [4.69, 9.17) is 18.7 Å². The Bertz CT molecular complexity index is 1190. The van der Waals surface area contributed by atoms with Crippen molar-refractivity contribution in [2.75, 3.05) is 13.2 Å². The maximum atomic E-state index is 12.9. The number of carbonyl (C=O) groups excluding carboxylic acids is 2. The molecule has 1 aliphatic heterocycles. The van der Waals surface area contributed by atoms with Crippen molar-refractivity contribution in [1.82, 2.24) is 9.72 Å². The number of ketones is 1. The molecule has 0 N–H and O–H groups in total. The monoisotopic (exact) mass is 452 g/mol. The first kappa shape index (κ1) is 22.6. The van der Waals surface area contributed by atoms with Crippen molar-refractivity contribution in [3.63, 3.8) is 0 Å². The van der Waals surface area contributed by atoms with Crippen molar-refractivity contribution < 1.29 is 28.3 Å². The molecule has 1 atom stereocenters. The Morgan fingerprint density at radius 2 is 1.91 bits per heavy atom. The number of ether oxygens (including phenoxy) is 3. The number of carbonyl (C=O) groups is 2. The number of fused-ring (bicyclic) bond motifs is 1. The molecule has 3 heterocycles. The molecule has 1 aliphatic rings. The molecule has 4 rings (SSSR count). The molecule has 1 aromatic carbocycles. The fourth-order valence-corrected chi connectivity index (χ4v) is 4.03. The van der Waals surface area contributed by atoms with Gasteiger partial charge in [0.25, 0.3) is 0 Å². The third kappa shape index (κ3) is 4.51. The molecule has 0 spiro atoms. The zero-order valence-electron chi connectivity index (χ0n) is 19.5. The summed E-state index contributed by atoms with van der Waals surface area (Å²) in [6, 6.07) is 9.37. The molecule has 3 aromatic rings. The molecule has 8 nitrogen and oxygen atoms in total. The van der Waals surface area contributed by atoms with Crippen LogP contribution in [0.3, 0.4) is 0 Å². The van der Waals surface area contributed by atoms with Crippen molar-refractivity contribution in [1.29, 1.82) is 0 Å². The van der Waals surface area contributed by atoms with Gasteiger partial charge in [-0.1, -0.05) is 31.1 Å². The van der Waals surface area contributed by atoms with Crippen LogP contribution < -0.4 is 9.47 Å². The van der Waals surface area contributed by atoms with Crippen molar-refractivity contribution >= 4 is 11.8 Å². The maximum Gasteiger partial charge on any atom is 0.344 e. The molecule has 0 aliphatic carbocycles. The van der Waals surface area contributed by atoms with E-state index in [1.807, 2.05) is 62.6 Å². The zero-order chi connectivity index (χ0) is 23.7. The lowest BCUT2D eigenvalue weighted by molar-refractivity contribution is 0.0471. The van der Waals surface area contributed by atoms with Gasteiger partial charge >= 0.3 is 5.97 Å². The van der Waals surface area contributed by atoms with E-state index in [1.165, 1.54) is 0 Å². The highest BCUT2D eigenvalue weighted by molar-refractivity contribution is 6.00. The van der Waals surface area contributed by atoms with Gasteiger partial charge in [-0.3, -0.25) is 4.79 Å². The fourth-order valence-electron chi connectivity index (χ4n) is 4.03. The molecule has 0 radical (unpaired) electrons. The Morgan fingerprint density at radius 1 is 1.18 bits per heavy atom. The third-order valence-corrected chi connectivity index (χ3v) is 5.78. The van der Waals surface area contributed by atoms with Gasteiger partial charge in [0.1, 0.15) is 12.2 Å². The van der Waals surface area contributed by atoms with E-state index in [-0.39, 0.29) is 30.0 Å². The van der Waals surface area contributed by atoms with Gasteiger partial charge in [-0.05, 0) is 39.0 Å². The van der Waals surface area contributed by atoms with Gasteiger partial charge in [0.15, 0.2) is 30.0 Å². The van der Waals surface area contributed by atoms with E-state index < -0.39 is 5.97 Å². The van der Waals surface area contributed by atoms with Crippen molar-refractivity contribution in [2.24, 2.45) is 0 Å². The zero-order valence-corrected chi connectivity index (χ0v) is 19.5. The summed E-state index contributed by atoms with van der Waals surface area (Å²) in [6.07, 6.45) is -0.184. The largest absolute Gasteiger partial charge is 0.486 e. The second kappa shape index (κ2) is 9.13. The second-order valence-electron chi connectivity index (χ2n) is 8.55. The normalized spacial score (nSPS) is 15.0. The van der Waals surface area contributed by atoms with E-state index in [0.29, 0.717) is 35.9 Å². The molecule has 1 unspecified atom stereocenters. The van der Waals surface area contributed by atoms with Gasteiger partial charge in [-0.25, -0.2) is 4.79 Å². The highest BCUT2D eigenvalue weighted by Gasteiger charge is 2.26. The van der Waals surface area contributed by atoms with Gasteiger partial charge in [0.05, 0.1) is 12.2 Å². The molecule has 0 bridgehead atoms. The Balaban J connectivity index is 1.43. The van der Waals surface area contributed by atoms with Crippen LogP contribution >= 0.6 is 0 Å². The summed E-state index contributed by atoms with van der Waals surface area (Å²) in [7, 11) is 0. The van der Waals surface area contributed by atoms with Crippen LogP contribution in [0.1, 0.15) is 63.3 Å². The number of nitrogens with zero attached hydrogens (tertiary/aromatic N) is 2. The van der Waals surface area contributed by atoms with E-state index >= 15 is 0 Å². The van der Waals surface area contributed by atoms with Crippen LogP contribution in [-0.2, 0) is 11.3 Å². The molecule has 0 fully saturated rings. The van der Waals surface area contributed by atoms with Gasteiger partial charge in [-0.15, -0.1) is 0 Å². The van der Waals surface area contributed by atoms with Crippen LogP contribution in [0.15, 0.2) is 34.9 Å². The van der Waals surface area contributed by atoms with Gasteiger partial charge in [-0.2, -0.15) is 0 Å². The molecular weight excluding hydrogens is 424 g/mol. The average Bonchev–Trinajstić information content (AvgIpc) is 3.32. The van der Waals surface area contributed by atoms with Crippen molar-refractivity contribution in [3.8, 4) is 11.5 Å². The number of aromatic nitrogens is 2. The number of benzene rings is 1. The number of Topliss-reactive ketones (excluding diaryl/α,β-unsaturated/α-hetero) is 1. The highest BCUT2D eigenvalue weighted by atomic mass is 16.6. The number of para-hydroxylation sites is 2. The Morgan fingerprint density at radius 3 is 2.64 bits per heavy atom. The Labute approximate surface area is 192 Å². The minimum absolute atomic E-state index is 0.0265. The summed E-state index contributed by atoms with van der Waals surface area (Å²) in [5.41, 5.74) is 2.97. The molecule has 0 saturated carbocycles. The lowest BCUT2D eigenvalue weighted by Crippen LogP contribution is -2.33. The number of esters is 1. The first-order valence-corrected chi connectivity index (χ1v) is 11.0. The summed E-state index contributed by atoms with van der Waals surface area (Å²) in [4.78, 5) is 25.5. The lowest BCUT2D eigenvalue weighted by atomic mass is 10.1. The van der Waals surface area contributed by atoms with E-state index in [1.54, 1.807) is 6.92 Å². The molecule has 0 saturated heterocycles. The predicted octanol–water partition coefficient (Wildman–Crippen LogP) is 4.40. The average molecular weight is 453 g/mol. The first-order chi connectivity index (χ1) is 15.8. The van der Waals surface area contributed by atoms with E-state index in [0.717, 1.165) is 17.1 Å². The van der Waals surface area contributed by atoms with Gasteiger partial charge in [0, 0.05) is 22.9 Å². The van der Waals surface area contributed by atoms with Crippen LogP contribution in [0.25, 0.3) is 0 Å². The smallest absolute Gasteiger partial charge is 0.344 e. The van der Waals surface area contributed by atoms with E-state index in [9.17, 15) is 9.59 Å². The van der Waals surface area contributed by atoms with Crippen LogP contribution in [0.5, 0.6) is 11.5 Å². The standard InChI is InChI=1S/C25H28N2O6/c1-14(2)24-23(16(4)26-33-24)25(29)31-13-20(28)19-10-15(3)27(17(19)5)11-18-12-30-21-8-6-7-9-22(21)32-18/h6-10,14,18H,11-13H2,1-5H3. The first-order valence-electron chi connectivity index (χ1n) is 11.0. The predicted molar refractivity (Wildman–Crippen MR) is 120 cm³/mol. The van der Waals surface area contributed by atoms with Crippen LogP contribution in [0.4, 0.5) is 0 Å². The fraction of sp³-hybridized carbons (Fsp3) is 0.400. The Kier molecular flexibility index (Phi) is 6.26. The summed E-state index contributed by atoms with van der Waals surface area (Å²) in [5.74, 6) is 1.00. The van der Waals surface area contributed by atoms with Crippen molar-refractivity contribution in [3.05, 3.63) is 64.3 Å². The molecular formula is C25H28N2O6. The van der Waals surface area contributed by atoms with Gasteiger partial charge in [0.2, 0.25) is 5.78 Å². The molecule has 2 aromatic heterocycles. The SMILES string of the molecule is Cc1noc(C(C)C)c1C(=O)OCC(=O)c1cc(C)n(CC2COc3ccccc3O2)c1C. The van der Waals surface area contributed by atoms with Crippen LogP contribution in [0, 0.1) is 20.8 Å². The summed E-state index contributed by atoms with van der Waals surface area (Å²) < 4.78 is 24.5. The number of hydrogen-bond acceptors (Lipinski definition) is 7. The third-order valence-electron chi connectivity index (χ3n) is 5.78. The summed E-state index contributed by atoms with van der Waals surface area (Å²) >= 11 is 0. The van der Waals surface area contributed by atoms with Gasteiger partial charge < -0.3 is 23.3 Å². The number of rotatable bonds is 7. The topological polar surface area (TPSA) is 92.8 Å². The van der Waals surface area contributed by atoms with Crippen molar-refractivity contribution in [2.45, 2.75) is 53.2 Å². The minimum Gasteiger partial charge on any atom is -0.486 e. The van der Waals surface area contributed by atoms with Crippen LogP contribution in [-0.4, -0.2) is 40.8 Å². The number of aryl methyl sites for hydroxylation is 2. The minimum atomic E-state index is -0.606. The quantitative estimate of drug-likeness (QED) is 0.387. The molecule has 0 amide bonds. The Hall–Kier alpha value is -3.55. The highest BCUT2D eigenvalue weighted by Crippen LogP contribution is 2.31. The second-order valence-corrected chi connectivity index (χ2v) is 8.55. The van der Waals surface area contributed by atoms with E-state index in [2.05, 4.69) is 5.16 Å². The lowest BCUT2D eigenvalue weighted by Gasteiger charge is -2.27. The number of hydrogen-bond donors (Lipinski definition) is 0. The molecule has 8 heteroatoms. The maximum absolute atomic E-state index is 12.9.